The third kappa shape index (κ3) is 4.42. The van der Waals surface area contributed by atoms with Crippen molar-refractivity contribution in [2.45, 2.75) is 86.4 Å². The van der Waals surface area contributed by atoms with Gasteiger partial charge in [0.15, 0.2) is 0 Å². The fourth-order valence-electron chi connectivity index (χ4n) is 4.54. The highest BCUT2D eigenvalue weighted by atomic mass is 16.3. The Morgan fingerprint density at radius 2 is 1.67 bits per heavy atom. The van der Waals surface area contributed by atoms with E-state index in [0.29, 0.717) is 23.7 Å². The van der Waals surface area contributed by atoms with Crippen LogP contribution < -0.4 is 0 Å². The average molecular weight is 341 g/mol. The van der Waals surface area contributed by atoms with Gasteiger partial charge in [0.25, 0.3) is 0 Å². The van der Waals surface area contributed by atoms with Crippen LogP contribution in [0.2, 0.25) is 0 Å². The van der Waals surface area contributed by atoms with E-state index >= 15 is 0 Å². The Balaban J connectivity index is 0.000000240. The first-order chi connectivity index (χ1) is 11.0. The molecule has 5 unspecified atom stereocenters. The van der Waals surface area contributed by atoms with Crippen molar-refractivity contribution in [3.05, 3.63) is 11.6 Å². The van der Waals surface area contributed by atoms with Crippen molar-refractivity contribution >= 4 is 0 Å². The second-order valence-corrected chi connectivity index (χ2v) is 9.10. The largest absolute Gasteiger partial charge is 0.396 e. The Labute approximate surface area is 149 Å². The van der Waals surface area contributed by atoms with Crippen molar-refractivity contribution in [3.63, 3.8) is 0 Å². The van der Waals surface area contributed by atoms with Gasteiger partial charge in [0.1, 0.15) is 0 Å². The van der Waals surface area contributed by atoms with Crippen molar-refractivity contribution < 1.29 is 15.3 Å². The van der Waals surface area contributed by atoms with E-state index in [2.05, 4.69) is 41.5 Å². The molecule has 0 bridgehead atoms. The number of allylic oxidation sites excluding steroid dienone is 1. The van der Waals surface area contributed by atoms with Gasteiger partial charge in [-0.2, -0.15) is 0 Å². The van der Waals surface area contributed by atoms with Crippen LogP contribution in [0.1, 0.15) is 74.1 Å². The quantitative estimate of drug-likeness (QED) is 0.673. The molecule has 24 heavy (non-hydrogen) atoms. The molecule has 3 N–H and O–H groups in total. The van der Waals surface area contributed by atoms with E-state index in [-0.39, 0.29) is 30.1 Å². The summed E-state index contributed by atoms with van der Waals surface area (Å²) in [5.41, 5.74) is 1.62. The normalized spacial score (nSPS) is 36.9. The van der Waals surface area contributed by atoms with E-state index in [1.807, 2.05) is 13.0 Å². The summed E-state index contributed by atoms with van der Waals surface area (Å²) in [6.45, 7) is 15.5. The molecule has 1 fully saturated rings. The minimum Gasteiger partial charge on any atom is -0.396 e. The van der Waals surface area contributed by atoms with Gasteiger partial charge in [-0.3, -0.25) is 0 Å². The average Bonchev–Trinajstić information content (AvgIpc) is 2.78. The lowest BCUT2D eigenvalue weighted by molar-refractivity contribution is 0.0823. The lowest BCUT2D eigenvalue weighted by Gasteiger charge is -2.31. The van der Waals surface area contributed by atoms with Crippen LogP contribution in [0.3, 0.4) is 0 Å². The Kier molecular flexibility index (Phi) is 7.52. The molecule has 3 heteroatoms. The molecule has 5 atom stereocenters. The molecule has 0 aromatic heterocycles. The van der Waals surface area contributed by atoms with Gasteiger partial charge < -0.3 is 15.3 Å². The fourth-order valence-corrected chi connectivity index (χ4v) is 4.54. The molecular formula is C21H40O3. The fraction of sp³-hybridized carbons (Fsp3) is 0.905. The monoisotopic (exact) mass is 340 g/mol. The topological polar surface area (TPSA) is 60.7 Å². The number of aliphatic hydroxyl groups is 3. The zero-order valence-corrected chi connectivity index (χ0v) is 16.8. The zero-order valence-electron chi connectivity index (χ0n) is 16.8. The van der Waals surface area contributed by atoms with Crippen molar-refractivity contribution in [1.82, 2.24) is 0 Å². The molecule has 2 aliphatic carbocycles. The van der Waals surface area contributed by atoms with Crippen LogP contribution in [0.25, 0.3) is 0 Å². The second kappa shape index (κ2) is 8.33. The molecule has 0 radical (unpaired) electrons. The third-order valence-electron chi connectivity index (χ3n) is 7.10. The molecule has 1 saturated carbocycles. The molecule has 0 aromatic carbocycles. The summed E-state index contributed by atoms with van der Waals surface area (Å²) in [6.07, 6.45) is 5.54. The zero-order chi connectivity index (χ0) is 18.7. The van der Waals surface area contributed by atoms with Crippen molar-refractivity contribution in [3.8, 4) is 0 Å². The molecular weight excluding hydrogens is 300 g/mol. The van der Waals surface area contributed by atoms with Crippen LogP contribution in [0, 0.1) is 28.6 Å². The third-order valence-corrected chi connectivity index (χ3v) is 7.10. The molecule has 0 heterocycles. The Bertz CT molecular complexity index is 421. The van der Waals surface area contributed by atoms with E-state index < -0.39 is 0 Å². The molecule has 0 spiro atoms. The van der Waals surface area contributed by atoms with Gasteiger partial charge in [0.2, 0.25) is 0 Å². The number of aliphatic hydroxyl groups excluding tert-OH is 3. The molecule has 0 aromatic rings. The SMILES string of the molecule is CC1=CC(O)C(CCO)C1(C)C.CCCC1C(O)CC(C)C1(C)C. The first-order valence-electron chi connectivity index (χ1n) is 9.65. The van der Waals surface area contributed by atoms with Crippen molar-refractivity contribution in [2.24, 2.45) is 28.6 Å². The maximum Gasteiger partial charge on any atom is 0.0760 e. The summed E-state index contributed by atoms with van der Waals surface area (Å²) in [5.74, 6) is 1.38. The Morgan fingerprint density at radius 1 is 1.08 bits per heavy atom. The molecule has 0 aliphatic heterocycles. The van der Waals surface area contributed by atoms with Crippen LogP contribution in [0.15, 0.2) is 11.6 Å². The van der Waals surface area contributed by atoms with Gasteiger partial charge >= 0.3 is 0 Å². The number of hydrogen-bond acceptors (Lipinski definition) is 3. The van der Waals surface area contributed by atoms with E-state index in [1.54, 1.807) is 0 Å². The maximum atomic E-state index is 9.83. The molecule has 0 amide bonds. The number of hydrogen-bond donors (Lipinski definition) is 3. The lowest BCUT2D eigenvalue weighted by atomic mass is 9.74. The van der Waals surface area contributed by atoms with Crippen LogP contribution >= 0.6 is 0 Å². The molecule has 3 nitrogen and oxygen atoms in total. The van der Waals surface area contributed by atoms with Gasteiger partial charge in [-0.05, 0) is 54.8 Å². The summed E-state index contributed by atoms with van der Waals surface area (Å²) in [4.78, 5) is 0. The standard InChI is InChI=1S/C11H22O.C10H18O2/c1-5-6-9-10(12)7-8(2)11(9,3)4;1-7-6-9(12)8(4-5-11)10(7,2)3/h8-10,12H,5-7H2,1-4H3;6,8-9,11-12H,4-5H2,1-3H3. The van der Waals surface area contributed by atoms with Gasteiger partial charge in [-0.15, -0.1) is 0 Å². The van der Waals surface area contributed by atoms with Crippen LogP contribution in [-0.4, -0.2) is 34.1 Å². The lowest BCUT2D eigenvalue weighted by Crippen LogP contribution is -2.28. The highest BCUT2D eigenvalue weighted by Crippen LogP contribution is 2.49. The smallest absolute Gasteiger partial charge is 0.0760 e. The molecule has 0 saturated heterocycles. The van der Waals surface area contributed by atoms with Gasteiger partial charge in [0.05, 0.1) is 12.2 Å². The predicted molar refractivity (Wildman–Crippen MR) is 101 cm³/mol. The minimum atomic E-state index is -0.368. The summed E-state index contributed by atoms with van der Waals surface area (Å²) in [6, 6.07) is 0. The summed E-state index contributed by atoms with van der Waals surface area (Å²) in [7, 11) is 0. The Morgan fingerprint density at radius 3 is 2.00 bits per heavy atom. The highest BCUT2D eigenvalue weighted by Gasteiger charge is 2.45. The van der Waals surface area contributed by atoms with E-state index in [0.717, 1.165) is 6.42 Å². The van der Waals surface area contributed by atoms with Crippen LogP contribution in [0.5, 0.6) is 0 Å². The maximum absolute atomic E-state index is 9.83. The molecule has 142 valence electrons. The summed E-state index contributed by atoms with van der Waals surface area (Å²) in [5, 5.41) is 28.3. The number of rotatable bonds is 4. The molecule has 2 aliphatic rings. The highest BCUT2D eigenvalue weighted by molar-refractivity contribution is 5.22. The van der Waals surface area contributed by atoms with Gasteiger partial charge in [-0.25, -0.2) is 0 Å². The summed E-state index contributed by atoms with van der Waals surface area (Å²) < 4.78 is 0. The Hall–Kier alpha value is -0.380. The minimum absolute atomic E-state index is 0.0438. The van der Waals surface area contributed by atoms with E-state index in [1.165, 1.54) is 18.4 Å². The summed E-state index contributed by atoms with van der Waals surface area (Å²) >= 11 is 0. The predicted octanol–water partition coefficient (Wildman–Crippen LogP) is 4.16. The van der Waals surface area contributed by atoms with Gasteiger partial charge in [0, 0.05) is 6.61 Å². The van der Waals surface area contributed by atoms with Gasteiger partial charge in [-0.1, -0.05) is 59.6 Å². The van der Waals surface area contributed by atoms with E-state index in [4.69, 9.17) is 5.11 Å². The molecule has 2 rings (SSSR count). The van der Waals surface area contributed by atoms with Crippen molar-refractivity contribution in [1.29, 1.82) is 0 Å². The first-order valence-corrected chi connectivity index (χ1v) is 9.65. The van der Waals surface area contributed by atoms with E-state index in [9.17, 15) is 10.2 Å². The van der Waals surface area contributed by atoms with Crippen molar-refractivity contribution in [2.75, 3.05) is 6.61 Å². The first kappa shape index (κ1) is 21.7. The van der Waals surface area contributed by atoms with Crippen LogP contribution in [0.4, 0.5) is 0 Å². The van der Waals surface area contributed by atoms with Crippen LogP contribution in [-0.2, 0) is 0 Å². The second-order valence-electron chi connectivity index (χ2n) is 9.10.